The van der Waals surface area contributed by atoms with Crippen molar-refractivity contribution in [1.29, 1.82) is 0 Å². The lowest BCUT2D eigenvalue weighted by atomic mass is 9.87. The molecule has 1 aromatic rings. The van der Waals surface area contributed by atoms with E-state index in [1.54, 1.807) is 6.92 Å². The van der Waals surface area contributed by atoms with Crippen molar-refractivity contribution in [2.75, 3.05) is 26.2 Å². The molecular formula is C17H20ClNO3. The zero-order chi connectivity index (χ0) is 14.8. The van der Waals surface area contributed by atoms with Crippen molar-refractivity contribution in [3.8, 4) is 0 Å². The van der Waals surface area contributed by atoms with Crippen LogP contribution in [0.5, 0.6) is 0 Å². The van der Waals surface area contributed by atoms with E-state index in [-0.39, 0.29) is 24.2 Å². The molecule has 5 heteroatoms. The third-order valence-electron chi connectivity index (χ3n) is 4.11. The van der Waals surface area contributed by atoms with Gasteiger partial charge in [-0.2, -0.15) is 0 Å². The number of carbonyl (C=O) groups is 2. The molecule has 4 nitrogen and oxygen atoms in total. The molecule has 1 saturated heterocycles. The number of benzene rings is 1. The molecule has 3 rings (SSSR count). The van der Waals surface area contributed by atoms with Crippen LogP contribution in [0.3, 0.4) is 0 Å². The largest absolute Gasteiger partial charge is 0.465 e. The van der Waals surface area contributed by atoms with Gasteiger partial charge in [0, 0.05) is 26.1 Å². The Kier molecular flexibility index (Phi) is 5.37. The Hall–Kier alpha value is -1.65. The first kappa shape index (κ1) is 16.7. The van der Waals surface area contributed by atoms with Crippen LogP contribution in [-0.4, -0.2) is 42.9 Å². The van der Waals surface area contributed by atoms with Gasteiger partial charge in [-0.05, 0) is 29.7 Å². The second-order valence-electron chi connectivity index (χ2n) is 5.51. The van der Waals surface area contributed by atoms with Crippen molar-refractivity contribution >= 4 is 35.8 Å². The van der Waals surface area contributed by atoms with Crippen LogP contribution in [-0.2, 0) is 14.3 Å². The quantitative estimate of drug-likeness (QED) is 0.631. The second kappa shape index (κ2) is 7.07. The molecule has 1 atom stereocenters. The molecular weight excluding hydrogens is 302 g/mol. The average Bonchev–Trinajstić information content (AvgIpc) is 2.46. The lowest BCUT2D eigenvalue weighted by Gasteiger charge is -2.33. The minimum Gasteiger partial charge on any atom is -0.465 e. The number of carbonyl (C=O) groups excluding carboxylic acids is 2. The summed E-state index contributed by atoms with van der Waals surface area (Å²) in [4.78, 5) is 25.9. The number of hydrogen-bond donors (Lipinski definition) is 0. The topological polar surface area (TPSA) is 46.6 Å². The van der Waals surface area contributed by atoms with Crippen LogP contribution in [0.4, 0.5) is 0 Å². The number of ketones is 1. The van der Waals surface area contributed by atoms with Crippen LogP contribution in [0.25, 0.3) is 11.6 Å². The van der Waals surface area contributed by atoms with Crippen LogP contribution in [0.15, 0.2) is 24.3 Å². The highest BCUT2D eigenvalue weighted by molar-refractivity contribution is 6.00. The van der Waals surface area contributed by atoms with Crippen LogP contribution < -0.4 is 0 Å². The molecule has 22 heavy (non-hydrogen) atoms. The first-order valence-electron chi connectivity index (χ1n) is 7.40. The number of esters is 1. The molecule has 0 bridgehead atoms. The Labute approximate surface area is 136 Å². The Morgan fingerprint density at radius 3 is 2.86 bits per heavy atom. The molecule has 1 aliphatic carbocycles. The number of likely N-dealkylation sites (tertiary alicyclic amines) is 1. The van der Waals surface area contributed by atoms with Gasteiger partial charge in [0.1, 0.15) is 11.7 Å². The van der Waals surface area contributed by atoms with Gasteiger partial charge >= 0.3 is 5.97 Å². The Morgan fingerprint density at radius 2 is 2.14 bits per heavy atom. The standard InChI is InChI=1S/C17H19NO3.ClH/c1-2-21-17(20)15-11-18(8-7-16(15)19)10-13-9-12-5-3-4-6-14(12)13;/h3-6,9,15H,2,7-8,10-11H2,1H3;1H. The third-order valence-corrected chi connectivity index (χ3v) is 4.11. The summed E-state index contributed by atoms with van der Waals surface area (Å²) < 4.78 is 5.00. The maximum absolute atomic E-state index is 11.9. The molecule has 1 unspecified atom stereocenters. The maximum atomic E-state index is 11.9. The van der Waals surface area contributed by atoms with Gasteiger partial charge in [-0.25, -0.2) is 0 Å². The van der Waals surface area contributed by atoms with Gasteiger partial charge in [0.05, 0.1) is 6.61 Å². The minimum absolute atomic E-state index is 0. The van der Waals surface area contributed by atoms with Gasteiger partial charge in [0.2, 0.25) is 0 Å². The van der Waals surface area contributed by atoms with Crippen LogP contribution in [0.1, 0.15) is 24.5 Å². The maximum Gasteiger partial charge on any atom is 0.317 e. The molecule has 1 heterocycles. The van der Waals surface area contributed by atoms with E-state index in [4.69, 9.17) is 4.74 Å². The van der Waals surface area contributed by atoms with E-state index < -0.39 is 5.92 Å². The van der Waals surface area contributed by atoms with Gasteiger partial charge in [0.15, 0.2) is 0 Å². The first-order chi connectivity index (χ1) is 10.2. The third kappa shape index (κ3) is 3.23. The van der Waals surface area contributed by atoms with Crippen LogP contribution in [0.2, 0.25) is 0 Å². The number of piperidine rings is 1. The number of ether oxygens (including phenoxy) is 1. The number of halogens is 1. The number of fused-ring (bicyclic) bond motifs is 1. The molecule has 0 saturated carbocycles. The monoisotopic (exact) mass is 321 g/mol. The average molecular weight is 322 g/mol. The molecule has 118 valence electrons. The molecule has 1 aliphatic heterocycles. The highest BCUT2D eigenvalue weighted by atomic mass is 35.5. The molecule has 0 aromatic heterocycles. The molecule has 1 aromatic carbocycles. The number of nitrogens with zero attached hydrogens (tertiary/aromatic N) is 1. The summed E-state index contributed by atoms with van der Waals surface area (Å²) in [6.07, 6.45) is 2.60. The summed E-state index contributed by atoms with van der Waals surface area (Å²) >= 11 is 0. The summed E-state index contributed by atoms with van der Waals surface area (Å²) in [6.45, 7) is 4.06. The molecule has 0 spiro atoms. The Bertz CT molecular complexity index is 612. The summed E-state index contributed by atoms with van der Waals surface area (Å²) in [7, 11) is 0. The molecule has 0 N–H and O–H groups in total. The van der Waals surface area contributed by atoms with Crippen molar-refractivity contribution in [2.45, 2.75) is 13.3 Å². The van der Waals surface area contributed by atoms with Crippen LogP contribution >= 0.6 is 12.4 Å². The fourth-order valence-corrected chi connectivity index (χ4v) is 2.96. The fraction of sp³-hybridized carbons (Fsp3) is 0.412. The second-order valence-corrected chi connectivity index (χ2v) is 5.51. The lowest BCUT2D eigenvalue weighted by molar-refractivity contribution is -0.153. The zero-order valence-electron chi connectivity index (χ0n) is 12.6. The Morgan fingerprint density at radius 1 is 1.36 bits per heavy atom. The van der Waals surface area contributed by atoms with E-state index in [1.807, 2.05) is 12.1 Å². The van der Waals surface area contributed by atoms with Crippen molar-refractivity contribution in [1.82, 2.24) is 4.90 Å². The number of rotatable bonds is 4. The van der Waals surface area contributed by atoms with E-state index in [2.05, 4.69) is 23.1 Å². The molecule has 0 amide bonds. The van der Waals surface area contributed by atoms with Crippen LogP contribution in [0, 0.1) is 5.92 Å². The van der Waals surface area contributed by atoms with Crippen molar-refractivity contribution in [2.24, 2.45) is 5.92 Å². The Balaban J connectivity index is 0.00000176. The summed E-state index contributed by atoms with van der Waals surface area (Å²) in [6, 6.07) is 8.28. The molecule has 2 aliphatic rings. The van der Waals surface area contributed by atoms with Crippen molar-refractivity contribution < 1.29 is 14.3 Å². The predicted molar refractivity (Wildman–Crippen MR) is 87.7 cm³/mol. The van der Waals surface area contributed by atoms with E-state index in [9.17, 15) is 9.59 Å². The molecule has 0 radical (unpaired) electrons. The summed E-state index contributed by atoms with van der Waals surface area (Å²) in [5, 5.41) is 0. The van der Waals surface area contributed by atoms with E-state index in [0.29, 0.717) is 26.1 Å². The normalized spacial score (nSPS) is 20.3. The highest BCUT2D eigenvalue weighted by Crippen LogP contribution is 2.33. The summed E-state index contributed by atoms with van der Waals surface area (Å²) in [5.74, 6) is -0.988. The van der Waals surface area contributed by atoms with Gasteiger partial charge in [-0.3, -0.25) is 14.5 Å². The number of Topliss-reactive ketones (excluding diaryl/α,β-unsaturated/α-hetero) is 1. The van der Waals surface area contributed by atoms with E-state index in [0.717, 1.165) is 6.54 Å². The highest BCUT2D eigenvalue weighted by Gasteiger charge is 2.34. The SMILES string of the molecule is CCOC(=O)C1CN(CC2=Cc3ccccc32)CCC1=O.Cl. The van der Waals surface area contributed by atoms with Gasteiger partial charge in [-0.1, -0.05) is 24.3 Å². The lowest BCUT2D eigenvalue weighted by Crippen LogP contribution is -2.45. The zero-order valence-corrected chi connectivity index (χ0v) is 13.4. The first-order valence-corrected chi connectivity index (χ1v) is 7.40. The molecule has 1 fully saturated rings. The van der Waals surface area contributed by atoms with E-state index in [1.165, 1.54) is 16.7 Å². The predicted octanol–water partition coefficient (Wildman–Crippen LogP) is 2.42. The van der Waals surface area contributed by atoms with E-state index >= 15 is 0 Å². The minimum atomic E-state index is -0.616. The number of hydrogen-bond acceptors (Lipinski definition) is 4. The smallest absolute Gasteiger partial charge is 0.317 e. The van der Waals surface area contributed by atoms with Gasteiger partial charge < -0.3 is 4.74 Å². The summed E-state index contributed by atoms with van der Waals surface area (Å²) in [5.41, 5.74) is 3.83. The van der Waals surface area contributed by atoms with Gasteiger partial charge in [0.25, 0.3) is 0 Å². The van der Waals surface area contributed by atoms with Gasteiger partial charge in [-0.15, -0.1) is 12.4 Å². The fourth-order valence-electron chi connectivity index (χ4n) is 2.96. The van der Waals surface area contributed by atoms with Crippen molar-refractivity contribution in [3.63, 3.8) is 0 Å². The van der Waals surface area contributed by atoms with Crippen molar-refractivity contribution in [3.05, 3.63) is 35.4 Å².